The molecule has 27 heavy (non-hydrogen) atoms. The van der Waals surface area contributed by atoms with Crippen molar-refractivity contribution >= 4 is 17.5 Å². The SMILES string of the molecule is CC1CN(C(=O)C2CCN(C(=O)c3ccccc3[N+](=O)[O-])CC2)CC(C)O1. The molecule has 0 saturated carbocycles. The molecule has 0 radical (unpaired) electrons. The Hall–Kier alpha value is -2.48. The van der Waals surface area contributed by atoms with Gasteiger partial charge in [0, 0.05) is 38.2 Å². The third-order valence-electron chi connectivity index (χ3n) is 5.19. The molecule has 0 N–H and O–H groups in total. The zero-order chi connectivity index (χ0) is 19.6. The van der Waals surface area contributed by atoms with Gasteiger partial charge in [-0.2, -0.15) is 0 Å². The van der Waals surface area contributed by atoms with Crippen LogP contribution in [0.15, 0.2) is 24.3 Å². The summed E-state index contributed by atoms with van der Waals surface area (Å²) in [5.74, 6) is -0.339. The Kier molecular flexibility index (Phi) is 5.74. The first-order valence-corrected chi connectivity index (χ1v) is 9.33. The molecule has 0 spiro atoms. The van der Waals surface area contributed by atoms with E-state index in [1.54, 1.807) is 17.0 Å². The Morgan fingerprint density at radius 3 is 2.26 bits per heavy atom. The number of nitro groups is 1. The van der Waals surface area contributed by atoms with Crippen LogP contribution in [0.2, 0.25) is 0 Å². The Morgan fingerprint density at radius 2 is 1.67 bits per heavy atom. The number of para-hydroxylation sites is 1. The molecule has 8 heteroatoms. The number of rotatable bonds is 3. The van der Waals surface area contributed by atoms with Crippen LogP contribution in [-0.4, -0.2) is 64.9 Å². The molecule has 2 unspecified atom stereocenters. The molecule has 2 fully saturated rings. The van der Waals surface area contributed by atoms with E-state index >= 15 is 0 Å². The molecule has 1 aromatic rings. The molecular weight excluding hydrogens is 350 g/mol. The molecule has 0 bridgehead atoms. The van der Waals surface area contributed by atoms with Crippen molar-refractivity contribution in [1.29, 1.82) is 0 Å². The number of ether oxygens (including phenoxy) is 1. The molecule has 0 aromatic heterocycles. The second kappa shape index (κ2) is 8.04. The summed E-state index contributed by atoms with van der Waals surface area (Å²) in [4.78, 5) is 39.6. The van der Waals surface area contributed by atoms with Crippen LogP contribution < -0.4 is 0 Å². The zero-order valence-corrected chi connectivity index (χ0v) is 15.7. The highest BCUT2D eigenvalue weighted by atomic mass is 16.6. The van der Waals surface area contributed by atoms with E-state index in [1.807, 2.05) is 18.7 Å². The van der Waals surface area contributed by atoms with Crippen molar-refractivity contribution in [2.24, 2.45) is 5.92 Å². The minimum Gasteiger partial charge on any atom is -0.372 e. The maximum absolute atomic E-state index is 12.8. The molecule has 8 nitrogen and oxygen atoms in total. The predicted octanol–water partition coefficient (Wildman–Crippen LogP) is 2.08. The third kappa shape index (κ3) is 4.27. The van der Waals surface area contributed by atoms with Crippen molar-refractivity contribution in [3.05, 3.63) is 39.9 Å². The summed E-state index contributed by atoms with van der Waals surface area (Å²) in [7, 11) is 0. The van der Waals surface area contributed by atoms with Crippen LogP contribution in [0.3, 0.4) is 0 Å². The summed E-state index contributed by atoms with van der Waals surface area (Å²) in [6, 6.07) is 5.99. The van der Waals surface area contributed by atoms with Crippen LogP contribution in [-0.2, 0) is 9.53 Å². The van der Waals surface area contributed by atoms with Crippen LogP contribution in [0.5, 0.6) is 0 Å². The normalized spacial score (nSPS) is 23.9. The van der Waals surface area contributed by atoms with Gasteiger partial charge in [-0.25, -0.2) is 0 Å². The van der Waals surface area contributed by atoms with Crippen molar-refractivity contribution in [2.75, 3.05) is 26.2 Å². The van der Waals surface area contributed by atoms with E-state index in [1.165, 1.54) is 12.1 Å². The van der Waals surface area contributed by atoms with Gasteiger partial charge in [0.1, 0.15) is 5.56 Å². The van der Waals surface area contributed by atoms with Crippen molar-refractivity contribution in [3.63, 3.8) is 0 Å². The summed E-state index contributed by atoms with van der Waals surface area (Å²) in [6.45, 7) is 5.97. The Labute approximate surface area is 158 Å². The zero-order valence-electron chi connectivity index (χ0n) is 15.7. The van der Waals surface area contributed by atoms with E-state index in [9.17, 15) is 19.7 Å². The summed E-state index contributed by atoms with van der Waals surface area (Å²) < 4.78 is 5.68. The molecule has 2 atom stereocenters. The second-order valence-electron chi connectivity index (χ2n) is 7.34. The molecule has 2 saturated heterocycles. The third-order valence-corrected chi connectivity index (χ3v) is 5.19. The van der Waals surface area contributed by atoms with Gasteiger partial charge in [0.05, 0.1) is 17.1 Å². The van der Waals surface area contributed by atoms with Crippen molar-refractivity contribution in [3.8, 4) is 0 Å². The maximum Gasteiger partial charge on any atom is 0.282 e. The van der Waals surface area contributed by atoms with Crippen LogP contribution in [0.25, 0.3) is 0 Å². The number of nitrogens with zero attached hydrogens (tertiary/aromatic N) is 3. The number of likely N-dealkylation sites (tertiary alicyclic amines) is 1. The number of carbonyl (C=O) groups is 2. The molecule has 146 valence electrons. The second-order valence-corrected chi connectivity index (χ2v) is 7.34. The fraction of sp³-hybridized carbons (Fsp3) is 0.579. The lowest BCUT2D eigenvalue weighted by Crippen LogP contribution is -2.51. The van der Waals surface area contributed by atoms with Gasteiger partial charge < -0.3 is 14.5 Å². The number of nitro benzene ring substituents is 1. The fourth-order valence-electron chi connectivity index (χ4n) is 3.93. The van der Waals surface area contributed by atoms with E-state index in [0.717, 1.165) is 0 Å². The molecule has 1 aromatic carbocycles. The molecular formula is C19H25N3O5. The van der Waals surface area contributed by atoms with E-state index in [-0.39, 0.29) is 41.2 Å². The largest absolute Gasteiger partial charge is 0.372 e. The lowest BCUT2D eigenvalue weighted by atomic mass is 9.94. The Bertz CT molecular complexity index is 720. The number of hydrogen-bond acceptors (Lipinski definition) is 5. The van der Waals surface area contributed by atoms with E-state index in [2.05, 4.69) is 0 Å². The first-order chi connectivity index (χ1) is 12.9. The van der Waals surface area contributed by atoms with Crippen molar-refractivity contribution < 1.29 is 19.2 Å². The van der Waals surface area contributed by atoms with Crippen LogP contribution >= 0.6 is 0 Å². The van der Waals surface area contributed by atoms with Gasteiger partial charge in [-0.3, -0.25) is 19.7 Å². The highest BCUT2D eigenvalue weighted by Gasteiger charge is 2.34. The minimum absolute atomic E-state index is 0.0259. The molecule has 2 aliphatic heterocycles. The van der Waals surface area contributed by atoms with Gasteiger partial charge in [0.2, 0.25) is 5.91 Å². The first-order valence-electron chi connectivity index (χ1n) is 9.33. The summed E-state index contributed by atoms with van der Waals surface area (Å²) in [6.07, 6.45) is 1.20. The quantitative estimate of drug-likeness (QED) is 0.596. The van der Waals surface area contributed by atoms with Crippen LogP contribution in [0.1, 0.15) is 37.0 Å². The van der Waals surface area contributed by atoms with Crippen LogP contribution in [0, 0.1) is 16.0 Å². The van der Waals surface area contributed by atoms with Crippen molar-refractivity contribution in [1.82, 2.24) is 9.80 Å². The van der Waals surface area contributed by atoms with Gasteiger partial charge >= 0.3 is 0 Å². The first kappa shape index (κ1) is 19.3. The Morgan fingerprint density at radius 1 is 1.07 bits per heavy atom. The number of hydrogen-bond donors (Lipinski definition) is 0. The van der Waals surface area contributed by atoms with Gasteiger partial charge in [-0.05, 0) is 32.8 Å². The lowest BCUT2D eigenvalue weighted by molar-refractivity contribution is -0.385. The van der Waals surface area contributed by atoms with Gasteiger partial charge in [-0.15, -0.1) is 0 Å². The van der Waals surface area contributed by atoms with Crippen molar-refractivity contribution in [2.45, 2.75) is 38.9 Å². The minimum atomic E-state index is -0.537. The standard InChI is InChI=1S/C19H25N3O5/c1-13-11-21(12-14(2)27-13)18(23)15-7-9-20(10-8-15)19(24)16-5-3-4-6-17(16)22(25)26/h3-6,13-15H,7-12H2,1-2H3. The summed E-state index contributed by atoms with van der Waals surface area (Å²) in [5, 5.41) is 11.2. The number of carbonyl (C=O) groups excluding carboxylic acids is 2. The highest BCUT2D eigenvalue weighted by molar-refractivity contribution is 5.98. The van der Waals surface area contributed by atoms with E-state index in [4.69, 9.17) is 4.74 Å². The molecule has 3 rings (SSSR count). The fourth-order valence-corrected chi connectivity index (χ4v) is 3.93. The average Bonchev–Trinajstić information content (AvgIpc) is 2.66. The number of morpholine rings is 1. The smallest absolute Gasteiger partial charge is 0.282 e. The van der Waals surface area contributed by atoms with Gasteiger partial charge in [0.25, 0.3) is 11.6 Å². The topological polar surface area (TPSA) is 93.0 Å². The number of benzene rings is 1. The summed E-state index contributed by atoms with van der Waals surface area (Å²) >= 11 is 0. The Balaban J connectivity index is 1.61. The highest BCUT2D eigenvalue weighted by Crippen LogP contribution is 2.25. The maximum atomic E-state index is 12.8. The molecule has 0 aliphatic carbocycles. The summed E-state index contributed by atoms with van der Waals surface area (Å²) in [5.41, 5.74) is -0.0832. The van der Waals surface area contributed by atoms with E-state index in [0.29, 0.717) is 39.0 Å². The van der Waals surface area contributed by atoms with Crippen LogP contribution in [0.4, 0.5) is 5.69 Å². The monoisotopic (exact) mass is 375 g/mol. The average molecular weight is 375 g/mol. The number of amides is 2. The molecule has 2 amide bonds. The molecule has 2 heterocycles. The van der Waals surface area contributed by atoms with Gasteiger partial charge in [0.15, 0.2) is 0 Å². The predicted molar refractivity (Wildman–Crippen MR) is 98.3 cm³/mol. The number of piperidine rings is 1. The molecule has 2 aliphatic rings. The van der Waals surface area contributed by atoms with E-state index < -0.39 is 4.92 Å². The van der Waals surface area contributed by atoms with Gasteiger partial charge in [-0.1, -0.05) is 12.1 Å². The lowest BCUT2D eigenvalue weighted by Gasteiger charge is -2.39.